The minimum atomic E-state index is -0.150. The number of halogens is 1. The molecule has 0 N–H and O–H groups in total. The quantitative estimate of drug-likeness (QED) is 0.757. The average molecular weight is 255 g/mol. The van der Waals surface area contributed by atoms with Crippen molar-refractivity contribution in [3.05, 3.63) is 30.1 Å². The highest BCUT2D eigenvalue weighted by molar-refractivity contribution is 6.19. The lowest BCUT2D eigenvalue weighted by molar-refractivity contribution is -0.136. The number of carbonyl (C=O) groups is 1. The molecule has 0 bridgehead atoms. The Hall–Kier alpha value is -1.09. The Bertz CT molecular complexity index is 354. The zero-order valence-corrected chi connectivity index (χ0v) is 11.3. The maximum absolute atomic E-state index is 12.1. The molecular weight excluding hydrogens is 236 g/mol. The summed E-state index contributed by atoms with van der Waals surface area (Å²) in [5.41, 5.74) is 0.899. The highest BCUT2D eigenvalue weighted by Gasteiger charge is 2.22. The molecule has 17 heavy (non-hydrogen) atoms. The molecule has 0 saturated carbocycles. The molecule has 0 aliphatic carbocycles. The van der Waals surface area contributed by atoms with Crippen molar-refractivity contribution in [2.24, 2.45) is 5.92 Å². The van der Waals surface area contributed by atoms with Crippen LogP contribution in [0.2, 0.25) is 0 Å². The van der Waals surface area contributed by atoms with Gasteiger partial charge in [-0.3, -0.25) is 9.78 Å². The summed E-state index contributed by atoms with van der Waals surface area (Å²) in [7, 11) is 0. The van der Waals surface area contributed by atoms with Crippen molar-refractivity contribution in [3.8, 4) is 0 Å². The van der Waals surface area contributed by atoms with E-state index in [0.29, 0.717) is 12.4 Å². The third-order valence-corrected chi connectivity index (χ3v) is 3.08. The smallest absolute Gasteiger partial charge is 0.227 e. The first-order valence-corrected chi connectivity index (χ1v) is 6.36. The first-order chi connectivity index (χ1) is 8.06. The lowest BCUT2D eigenvalue weighted by Crippen LogP contribution is -2.40. The van der Waals surface area contributed by atoms with Crippen molar-refractivity contribution in [1.29, 1.82) is 0 Å². The van der Waals surface area contributed by atoms with E-state index in [-0.39, 0.29) is 17.9 Å². The molecule has 94 valence electrons. The second-order valence-corrected chi connectivity index (χ2v) is 4.74. The van der Waals surface area contributed by atoms with Crippen LogP contribution in [-0.2, 0) is 11.3 Å². The van der Waals surface area contributed by atoms with E-state index in [4.69, 9.17) is 11.6 Å². The SMILES string of the molecule is CC(CCl)C(=O)N(Cc1ccccn1)C(C)C. The molecule has 0 aromatic carbocycles. The van der Waals surface area contributed by atoms with Gasteiger partial charge < -0.3 is 4.90 Å². The van der Waals surface area contributed by atoms with Crippen molar-refractivity contribution in [2.75, 3.05) is 5.88 Å². The van der Waals surface area contributed by atoms with Gasteiger partial charge in [-0.05, 0) is 26.0 Å². The van der Waals surface area contributed by atoms with Gasteiger partial charge in [-0.1, -0.05) is 13.0 Å². The third-order valence-electron chi connectivity index (χ3n) is 2.62. The molecular formula is C13H19ClN2O. The minimum absolute atomic E-state index is 0.0839. The summed E-state index contributed by atoms with van der Waals surface area (Å²) >= 11 is 5.74. The van der Waals surface area contributed by atoms with Gasteiger partial charge in [0.25, 0.3) is 0 Å². The Labute approximate surface area is 108 Å². The van der Waals surface area contributed by atoms with Gasteiger partial charge in [0.1, 0.15) is 0 Å². The number of rotatable bonds is 5. The van der Waals surface area contributed by atoms with E-state index < -0.39 is 0 Å². The summed E-state index contributed by atoms with van der Waals surface area (Å²) in [6, 6.07) is 5.87. The Morgan fingerprint density at radius 2 is 2.12 bits per heavy atom. The highest BCUT2D eigenvalue weighted by Crippen LogP contribution is 2.12. The molecule has 1 atom stereocenters. The number of amides is 1. The Morgan fingerprint density at radius 1 is 1.41 bits per heavy atom. The van der Waals surface area contributed by atoms with Gasteiger partial charge >= 0.3 is 0 Å². The summed E-state index contributed by atoms with van der Waals surface area (Å²) < 4.78 is 0. The number of aromatic nitrogens is 1. The summed E-state index contributed by atoms with van der Waals surface area (Å²) in [6.45, 7) is 6.39. The van der Waals surface area contributed by atoms with Gasteiger partial charge in [0.05, 0.1) is 12.2 Å². The van der Waals surface area contributed by atoms with E-state index >= 15 is 0 Å². The van der Waals surface area contributed by atoms with Gasteiger partial charge in [-0.25, -0.2) is 0 Å². The van der Waals surface area contributed by atoms with Crippen LogP contribution in [0.5, 0.6) is 0 Å². The van der Waals surface area contributed by atoms with E-state index in [1.165, 1.54) is 0 Å². The molecule has 1 aromatic rings. The number of hydrogen-bond acceptors (Lipinski definition) is 2. The normalized spacial score (nSPS) is 12.5. The van der Waals surface area contributed by atoms with Gasteiger partial charge in [-0.15, -0.1) is 11.6 Å². The maximum Gasteiger partial charge on any atom is 0.227 e. The molecule has 1 rings (SSSR count). The molecule has 0 fully saturated rings. The van der Waals surface area contributed by atoms with Crippen molar-refractivity contribution >= 4 is 17.5 Å². The summed E-state index contributed by atoms with van der Waals surface area (Å²) in [4.78, 5) is 18.2. The van der Waals surface area contributed by atoms with Crippen molar-refractivity contribution < 1.29 is 4.79 Å². The third kappa shape index (κ3) is 4.00. The Kier molecular flexibility index (Phi) is 5.42. The summed E-state index contributed by atoms with van der Waals surface area (Å²) in [5.74, 6) is 0.285. The van der Waals surface area contributed by atoms with Crippen LogP contribution in [0.25, 0.3) is 0 Å². The number of pyridine rings is 1. The van der Waals surface area contributed by atoms with Crippen LogP contribution < -0.4 is 0 Å². The fraction of sp³-hybridized carbons (Fsp3) is 0.538. The predicted molar refractivity (Wildman–Crippen MR) is 69.8 cm³/mol. The van der Waals surface area contributed by atoms with Gasteiger partial charge in [-0.2, -0.15) is 0 Å². The van der Waals surface area contributed by atoms with Crippen LogP contribution in [0.1, 0.15) is 26.5 Å². The van der Waals surface area contributed by atoms with E-state index in [0.717, 1.165) is 5.69 Å². The fourth-order valence-electron chi connectivity index (χ4n) is 1.53. The van der Waals surface area contributed by atoms with Crippen LogP contribution >= 0.6 is 11.6 Å². The lowest BCUT2D eigenvalue weighted by Gasteiger charge is -2.28. The molecule has 0 spiro atoms. The van der Waals surface area contributed by atoms with E-state index in [1.807, 2.05) is 43.9 Å². The summed E-state index contributed by atoms with van der Waals surface area (Å²) in [6.07, 6.45) is 1.74. The van der Waals surface area contributed by atoms with Crippen molar-refractivity contribution in [3.63, 3.8) is 0 Å². The zero-order valence-electron chi connectivity index (χ0n) is 10.6. The molecule has 1 heterocycles. The first-order valence-electron chi connectivity index (χ1n) is 5.82. The average Bonchev–Trinajstić information content (AvgIpc) is 2.35. The molecule has 0 radical (unpaired) electrons. The largest absolute Gasteiger partial charge is 0.334 e. The van der Waals surface area contributed by atoms with Crippen molar-refractivity contribution in [2.45, 2.75) is 33.4 Å². The summed E-state index contributed by atoms with van der Waals surface area (Å²) in [5, 5.41) is 0. The van der Waals surface area contributed by atoms with Crippen LogP contribution in [0.15, 0.2) is 24.4 Å². The molecule has 4 heteroatoms. The number of alkyl halides is 1. The van der Waals surface area contributed by atoms with E-state index in [9.17, 15) is 4.79 Å². The van der Waals surface area contributed by atoms with Gasteiger partial charge in [0.2, 0.25) is 5.91 Å². The minimum Gasteiger partial charge on any atom is -0.334 e. The number of hydrogen-bond donors (Lipinski definition) is 0. The van der Waals surface area contributed by atoms with Crippen LogP contribution in [-0.4, -0.2) is 27.7 Å². The van der Waals surface area contributed by atoms with Crippen LogP contribution in [0.4, 0.5) is 0 Å². The predicted octanol–water partition coefficient (Wildman–Crippen LogP) is 2.69. The lowest BCUT2D eigenvalue weighted by atomic mass is 10.1. The molecule has 1 aromatic heterocycles. The Morgan fingerprint density at radius 3 is 2.59 bits per heavy atom. The standard InChI is InChI=1S/C13H19ClN2O/c1-10(2)16(13(17)11(3)8-14)9-12-6-4-5-7-15-12/h4-7,10-11H,8-9H2,1-3H3. The van der Waals surface area contributed by atoms with Crippen LogP contribution in [0.3, 0.4) is 0 Å². The van der Waals surface area contributed by atoms with E-state index in [2.05, 4.69) is 4.98 Å². The second-order valence-electron chi connectivity index (χ2n) is 4.44. The monoisotopic (exact) mass is 254 g/mol. The van der Waals surface area contributed by atoms with Gasteiger partial charge in [0.15, 0.2) is 0 Å². The molecule has 0 aliphatic rings. The maximum atomic E-state index is 12.1. The molecule has 0 saturated heterocycles. The van der Waals surface area contributed by atoms with Crippen LogP contribution in [0, 0.1) is 5.92 Å². The molecule has 1 amide bonds. The first kappa shape index (κ1) is 14.0. The molecule has 1 unspecified atom stereocenters. The molecule has 0 aliphatic heterocycles. The topological polar surface area (TPSA) is 33.2 Å². The number of nitrogens with zero attached hydrogens (tertiary/aromatic N) is 2. The molecule has 3 nitrogen and oxygen atoms in total. The zero-order chi connectivity index (χ0) is 12.8. The van der Waals surface area contributed by atoms with E-state index in [1.54, 1.807) is 6.20 Å². The fourth-order valence-corrected chi connectivity index (χ4v) is 1.66. The Balaban J connectivity index is 2.77. The highest BCUT2D eigenvalue weighted by atomic mass is 35.5. The van der Waals surface area contributed by atoms with Crippen molar-refractivity contribution in [1.82, 2.24) is 9.88 Å². The number of carbonyl (C=O) groups excluding carboxylic acids is 1. The second kappa shape index (κ2) is 6.60. The van der Waals surface area contributed by atoms with Gasteiger partial charge in [0, 0.05) is 24.0 Å².